The summed E-state index contributed by atoms with van der Waals surface area (Å²) in [5.41, 5.74) is 4.88. The van der Waals surface area contributed by atoms with E-state index in [0.717, 1.165) is 0 Å². The van der Waals surface area contributed by atoms with Gasteiger partial charge in [-0.05, 0) is 48.8 Å². The van der Waals surface area contributed by atoms with Crippen molar-refractivity contribution in [3.05, 3.63) is 64.1 Å². The maximum Gasteiger partial charge on any atom is 0.269 e. The molecule has 0 saturated carbocycles. The summed E-state index contributed by atoms with van der Waals surface area (Å²) in [4.78, 5) is 24.4. The lowest BCUT2D eigenvalue weighted by Crippen LogP contribution is -2.52. The first-order valence-electron chi connectivity index (χ1n) is 8.36. The second-order valence-corrected chi connectivity index (χ2v) is 9.35. The van der Waals surface area contributed by atoms with Crippen LogP contribution in [0, 0.1) is 0 Å². The zero-order valence-corrected chi connectivity index (χ0v) is 18.5. The van der Waals surface area contributed by atoms with Crippen LogP contribution in [0.3, 0.4) is 0 Å². The zero-order valence-electron chi connectivity index (χ0n) is 15.3. The van der Waals surface area contributed by atoms with E-state index < -0.39 is 27.9 Å². The maximum absolute atomic E-state index is 12.7. The van der Waals surface area contributed by atoms with Crippen molar-refractivity contribution in [3.8, 4) is 0 Å². The predicted molar refractivity (Wildman–Crippen MR) is 116 cm³/mol. The number of hydrogen-bond donors (Lipinski definition) is 3. The van der Waals surface area contributed by atoms with Gasteiger partial charge in [-0.15, -0.1) is 0 Å². The Labute approximate surface area is 183 Å². The number of nitrogens with one attached hydrogen (secondary N) is 3. The molecule has 0 aromatic heterocycles. The molecule has 0 unspecified atom stereocenters. The van der Waals surface area contributed by atoms with Crippen molar-refractivity contribution in [2.45, 2.75) is 17.4 Å². The molecule has 2 amide bonds. The van der Waals surface area contributed by atoms with E-state index in [0.29, 0.717) is 11.3 Å². The first-order chi connectivity index (χ1) is 13.7. The molecule has 0 aliphatic heterocycles. The van der Waals surface area contributed by atoms with E-state index in [4.69, 9.17) is 23.2 Å². The van der Waals surface area contributed by atoms with Gasteiger partial charge in [-0.25, -0.2) is 8.42 Å². The number of carbonyl (C=O) groups is 2. The van der Waals surface area contributed by atoms with Crippen molar-refractivity contribution in [1.29, 1.82) is 0 Å². The van der Waals surface area contributed by atoms with Crippen LogP contribution in [0.4, 0.5) is 0 Å². The SMILES string of the molecule is CSCC[C@@H](NS(=O)(=O)c1cc(Cl)ccc1Cl)C(=O)NNC(=O)c1ccccc1. The number of thioether (sulfide) groups is 1. The fraction of sp³-hybridized carbons (Fsp3) is 0.222. The molecule has 0 heterocycles. The van der Waals surface area contributed by atoms with Crippen LogP contribution >= 0.6 is 35.0 Å². The summed E-state index contributed by atoms with van der Waals surface area (Å²) >= 11 is 13.3. The zero-order chi connectivity index (χ0) is 21.4. The van der Waals surface area contributed by atoms with Crippen LogP contribution in [0.1, 0.15) is 16.8 Å². The number of rotatable bonds is 8. The molecule has 0 fully saturated rings. The van der Waals surface area contributed by atoms with Crippen molar-refractivity contribution < 1.29 is 18.0 Å². The molecule has 0 aliphatic carbocycles. The molecule has 11 heteroatoms. The lowest BCUT2D eigenvalue weighted by atomic mass is 10.2. The van der Waals surface area contributed by atoms with E-state index >= 15 is 0 Å². The number of halogens is 2. The normalized spacial score (nSPS) is 12.2. The lowest BCUT2D eigenvalue weighted by Gasteiger charge is -2.19. The topological polar surface area (TPSA) is 104 Å². The van der Waals surface area contributed by atoms with Crippen LogP contribution in [0.15, 0.2) is 53.4 Å². The molecular formula is C18H19Cl2N3O4S2. The van der Waals surface area contributed by atoms with E-state index in [1.807, 2.05) is 6.26 Å². The highest BCUT2D eigenvalue weighted by Crippen LogP contribution is 2.25. The average molecular weight is 476 g/mol. The Morgan fingerprint density at radius 3 is 2.41 bits per heavy atom. The van der Waals surface area contributed by atoms with Gasteiger partial charge in [0.1, 0.15) is 10.9 Å². The minimum atomic E-state index is -4.13. The van der Waals surface area contributed by atoms with E-state index in [9.17, 15) is 18.0 Å². The van der Waals surface area contributed by atoms with Crippen LogP contribution in [0.25, 0.3) is 0 Å². The highest BCUT2D eigenvalue weighted by atomic mass is 35.5. The molecule has 0 bridgehead atoms. The van der Waals surface area contributed by atoms with Gasteiger partial charge in [-0.3, -0.25) is 20.4 Å². The third-order valence-corrected chi connectivity index (χ3v) is 6.57. The van der Waals surface area contributed by atoms with Crippen LogP contribution in [0.2, 0.25) is 10.0 Å². The minimum absolute atomic E-state index is 0.0247. The average Bonchev–Trinajstić information content (AvgIpc) is 2.71. The molecule has 2 aromatic rings. The Morgan fingerprint density at radius 2 is 1.76 bits per heavy atom. The van der Waals surface area contributed by atoms with Crippen LogP contribution < -0.4 is 15.6 Å². The van der Waals surface area contributed by atoms with Gasteiger partial charge in [0, 0.05) is 10.6 Å². The first-order valence-corrected chi connectivity index (χ1v) is 12.0. The lowest BCUT2D eigenvalue weighted by molar-refractivity contribution is -0.123. The fourth-order valence-electron chi connectivity index (χ4n) is 2.28. The summed E-state index contributed by atoms with van der Waals surface area (Å²) in [5, 5.41) is 0.165. The molecule has 0 saturated heterocycles. The summed E-state index contributed by atoms with van der Waals surface area (Å²) in [6.07, 6.45) is 2.03. The van der Waals surface area contributed by atoms with E-state index in [1.54, 1.807) is 30.3 Å². The number of carbonyl (C=O) groups excluding carboxylic acids is 2. The molecule has 0 radical (unpaired) electrons. The molecule has 7 nitrogen and oxygen atoms in total. The van der Waals surface area contributed by atoms with Crippen molar-refractivity contribution >= 4 is 56.8 Å². The molecule has 1 atom stereocenters. The second kappa shape index (κ2) is 10.8. The molecule has 2 aromatic carbocycles. The molecular weight excluding hydrogens is 457 g/mol. The highest BCUT2D eigenvalue weighted by molar-refractivity contribution is 7.98. The molecule has 0 spiro atoms. The Balaban J connectivity index is 2.12. The molecule has 29 heavy (non-hydrogen) atoms. The monoisotopic (exact) mass is 475 g/mol. The third-order valence-electron chi connectivity index (χ3n) is 3.74. The fourth-order valence-corrected chi connectivity index (χ4v) is 4.74. The molecule has 0 aliphatic rings. The van der Waals surface area contributed by atoms with Crippen molar-refractivity contribution in [1.82, 2.24) is 15.6 Å². The smallest absolute Gasteiger partial charge is 0.269 e. The minimum Gasteiger partial charge on any atom is -0.271 e. The van der Waals surface area contributed by atoms with Gasteiger partial charge >= 0.3 is 0 Å². The van der Waals surface area contributed by atoms with Crippen LogP contribution in [0.5, 0.6) is 0 Å². The van der Waals surface area contributed by atoms with Gasteiger partial charge in [0.05, 0.1) is 5.02 Å². The largest absolute Gasteiger partial charge is 0.271 e. The van der Waals surface area contributed by atoms with Gasteiger partial charge < -0.3 is 0 Å². The Hall–Kier alpha value is -1.78. The maximum atomic E-state index is 12.7. The molecule has 3 N–H and O–H groups in total. The van der Waals surface area contributed by atoms with Gasteiger partial charge in [-0.2, -0.15) is 16.5 Å². The second-order valence-electron chi connectivity index (χ2n) is 5.84. The summed E-state index contributed by atoms with van der Waals surface area (Å²) in [7, 11) is -4.13. The third kappa shape index (κ3) is 6.90. The van der Waals surface area contributed by atoms with Gasteiger partial charge in [-0.1, -0.05) is 41.4 Å². The highest BCUT2D eigenvalue weighted by Gasteiger charge is 2.27. The number of benzene rings is 2. The quantitative estimate of drug-likeness (QED) is 0.509. The summed E-state index contributed by atoms with van der Waals surface area (Å²) < 4.78 is 27.8. The number of hydrogen-bond acceptors (Lipinski definition) is 5. The first kappa shape index (κ1) is 23.5. The van der Waals surface area contributed by atoms with Crippen LogP contribution in [-0.2, 0) is 14.8 Å². The van der Waals surface area contributed by atoms with Crippen molar-refractivity contribution in [2.24, 2.45) is 0 Å². The molecule has 156 valence electrons. The van der Waals surface area contributed by atoms with E-state index in [2.05, 4.69) is 15.6 Å². The standard InChI is InChI=1S/C18H19Cl2N3O4S2/c1-28-10-9-15(18(25)22-21-17(24)12-5-3-2-4-6-12)23-29(26,27)16-11-13(19)7-8-14(16)20/h2-8,11,15,23H,9-10H2,1H3,(H,21,24)(H,22,25)/t15-/m1/s1. The summed E-state index contributed by atoms with van der Waals surface area (Å²) in [6, 6.07) is 11.2. The van der Waals surface area contributed by atoms with E-state index in [-0.39, 0.29) is 21.4 Å². The summed E-state index contributed by atoms with van der Waals surface area (Å²) in [6.45, 7) is 0. The Morgan fingerprint density at radius 1 is 1.07 bits per heavy atom. The Kier molecular flexibility index (Phi) is 8.79. The van der Waals surface area contributed by atoms with Crippen molar-refractivity contribution in [3.63, 3.8) is 0 Å². The van der Waals surface area contributed by atoms with E-state index in [1.165, 1.54) is 30.0 Å². The predicted octanol–water partition coefficient (Wildman–Crippen LogP) is 2.85. The number of sulfonamides is 1. The number of hydrazine groups is 1. The molecule has 2 rings (SSSR count). The van der Waals surface area contributed by atoms with Gasteiger partial charge in [0.15, 0.2) is 0 Å². The Bertz CT molecular complexity index is 972. The van der Waals surface area contributed by atoms with Gasteiger partial charge in [0.2, 0.25) is 10.0 Å². The van der Waals surface area contributed by atoms with Gasteiger partial charge in [0.25, 0.3) is 11.8 Å². The van der Waals surface area contributed by atoms with Crippen LogP contribution in [-0.4, -0.2) is 38.3 Å². The summed E-state index contributed by atoms with van der Waals surface area (Å²) in [5.74, 6) is -0.718. The number of amides is 2. The van der Waals surface area contributed by atoms with Crippen molar-refractivity contribution in [2.75, 3.05) is 12.0 Å².